The van der Waals surface area contributed by atoms with Crippen molar-refractivity contribution < 1.29 is 9.59 Å². The van der Waals surface area contributed by atoms with Gasteiger partial charge in [-0.1, -0.05) is 26.2 Å². The van der Waals surface area contributed by atoms with Crippen LogP contribution in [0.2, 0.25) is 0 Å². The number of rotatable bonds is 4. The van der Waals surface area contributed by atoms with Crippen LogP contribution >= 0.6 is 0 Å². The van der Waals surface area contributed by atoms with Gasteiger partial charge in [0.1, 0.15) is 5.82 Å². The molecule has 0 bridgehead atoms. The van der Waals surface area contributed by atoms with Gasteiger partial charge in [-0.2, -0.15) is 0 Å². The lowest BCUT2D eigenvalue weighted by atomic mass is 9.86. The average Bonchev–Trinajstić information content (AvgIpc) is 3.23. The summed E-state index contributed by atoms with van der Waals surface area (Å²) in [5.41, 5.74) is 1.25. The maximum absolute atomic E-state index is 12.8. The average molecular weight is 401 g/mol. The molecule has 2 amide bonds. The summed E-state index contributed by atoms with van der Waals surface area (Å²) in [6, 6.07) is -0.133. The number of aromatic nitrogens is 2. The highest BCUT2D eigenvalue weighted by Crippen LogP contribution is 2.31. The summed E-state index contributed by atoms with van der Waals surface area (Å²) in [6.07, 6.45) is 9.48. The van der Waals surface area contributed by atoms with Crippen molar-refractivity contribution in [3.63, 3.8) is 0 Å². The molecule has 1 atom stereocenters. The van der Waals surface area contributed by atoms with E-state index in [-0.39, 0.29) is 23.4 Å². The molecular formula is C22H32N4O3. The fourth-order valence-corrected chi connectivity index (χ4v) is 5.13. The van der Waals surface area contributed by atoms with Gasteiger partial charge in [-0.25, -0.2) is 4.98 Å². The normalized spacial score (nSPS) is 22.6. The smallest absolute Gasteiger partial charge is 0.256 e. The molecule has 1 aromatic rings. The Morgan fingerprint density at radius 3 is 2.62 bits per heavy atom. The van der Waals surface area contributed by atoms with Gasteiger partial charge >= 0.3 is 0 Å². The Morgan fingerprint density at radius 1 is 1.07 bits per heavy atom. The number of nitrogens with zero attached hydrogens (tertiary/aromatic N) is 3. The Hall–Kier alpha value is -2.18. The van der Waals surface area contributed by atoms with Gasteiger partial charge in [-0.05, 0) is 31.6 Å². The summed E-state index contributed by atoms with van der Waals surface area (Å²) in [4.78, 5) is 49.1. The van der Waals surface area contributed by atoms with Crippen molar-refractivity contribution >= 4 is 11.8 Å². The van der Waals surface area contributed by atoms with Crippen LogP contribution in [0.25, 0.3) is 0 Å². The minimum absolute atomic E-state index is 0.104. The minimum Gasteiger partial charge on any atom is -0.338 e. The zero-order valence-electron chi connectivity index (χ0n) is 17.4. The van der Waals surface area contributed by atoms with Crippen LogP contribution in [0.15, 0.2) is 4.79 Å². The van der Waals surface area contributed by atoms with Crippen molar-refractivity contribution in [2.75, 3.05) is 13.1 Å². The molecule has 3 aliphatic rings. The quantitative estimate of drug-likeness (QED) is 0.842. The third kappa shape index (κ3) is 4.23. The van der Waals surface area contributed by atoms with Crippen LogP contribution in [0.1, 0.15) is 87.8 Å². The van der Waals surface area contributed by atoms with Crippen LogP contribution in [0.5, 0.6) is 0 Å². The van der Waals surface area contributed by atoms with E-state index in [0.29, 0.717) is 49.7 Å². The van der Waals surface area contributed by atoms with Crippen molar-refractivity contribution in [3.05, 3.63) is 27.4 Å². The highest BCUT2D eigenvalue weighted by molar-refractivity contribution is 5.77. The second kappa shape index (κ2) is 8.67. The summed E-state index contributed by atoms with van der Waals surface area (Å²) in [5.74, 6) is 1.38. The molecule has 7 nitrogen and oxygen atoms in total. The van der Waals surface area contributed by atoms with Crippen molar-refractivity contribution in [1.29, 1.82) is 0 Å². The lowest BCUT2D eigenvalue weighted by Gasteiger charge is -2.31. The summed E-state index contributed by atoms with van der Waals surface area (Å²) in [5, 5.41) is 0. The fraction of sp³-hybridized carbons (Fsp3) is 0.727. The maximum atomic E-state index is 12.8. The molecule has 158 valence electrons. The van der Waals surface area contributed by atoms with E-state index in [1.807, 2.05) is 16.7 Å². The van der Waals surface area contributed by atoms with Gasteiger partial charge in [0, 0.05) is 32.4 Å². The van der Waals surface area contributed by atoms with Crippen molar-refractivity contribution in [3.8, 4) is 0 Å². The van der Waals surface area contributed by atoms with Crippen molar-refractivity contribution in [2.24, 2.45) is 5.92 Å². The first-order valence-corrected chi connectivity index (χ1v) is 11.3. The number of fused-ring (bicyclic) bond motifs is 1. The molecule has 7 heteroatoms. The first-order chi connectivity index (χ1) is 14.1. The second-order valence-electron chi connectivity index (χ2n) is 8.75. The van der Waals surface area contributed by atoms with E-state index in [4.69, 9.17) is 4.98 Å². The maximum Gasteiger partial charge on any atom is 0.256 e. The van der Waals surface area contributed by atoms with E-state index in [9.17, 15) is 14.4 Å². The Bertz CT molecular complexity index is 828. The van der Waals surface area contributed by atoms with E-state index in [1.54, 1.807) is 0 Å². The fourth-order valence-electron chi connectivity index (χ4n) is 5.13. The molecule has 1 saturated heterocycles. The molecular weight excluding hydrogens is 368 g/mol. The zero-order chi connectivity index (χ0) is 20.4. The van der Waals surface area contributed by atoms with Crippen LogP contribution in [0.3, 0.4) is 0 Å². The van der Waals surface area contributed by atoms with Crippen LogP contribution in [0, 0.1) is 5.92 Å². The summed E-state index contributed by atoms with van der Waals surface area (Å²) in [6.45, 7) is 3.56. The number of hydrogen-bond acceptors (Lipinski definition) is 4. The van der Waals surface area contributed by atoms with Gasteiger partial charge in [0.15, 0.2) is 0 Å². The first-order valence-electron chi connectivity index (χ1n) is 11.3. The van der Waals surface area contributed by atoms with E-state index in [0.717, 1.165) is 37.9 Å². The second-order valence-corrected chi connectivity index (χ2v) is 8.75. The Kier molecular flexibility index (Phi) is 6.01. The monoisotopic (exact) mass is 400 g/mol. The number of aromatic amines is 1. The number of amides is 2. The Morgan fingerprint density at radius 2 is 1.86 bits per heavy atom. The highest BCUT2D eigenvalue weighted by Gasteiger charge is 2.33. The third-order valence-corrected chi connectivity index (χ3v) is 6.82. The zero-order valence-corrected chi connectivity index (χ0v) is 17.4. The summed E-state index contributed by atoms with van der Waals surface area (Å²) >= 11 is 0. The van der Waals surface area contributed by atoms with E-state index < -0.39 is 0 Å². The SMILES string of the molecule is CCC(=O)N1CCC[C@H]1c1nc2c(c(=O)[nH]1)CN(C(=O)CC1CCCCC1)CC2. The Labute approximate surface area is 171 Å². The molecule has 29 heavy (non-hydrogen) atoms. The molecule has 1 aliphatic carbocycles. The van der Waals surface area contributed by atoms with Crippen molar-refractivity contribution in [2.45, 2.75) is 83.7 Å². The van der Waals surface area contributed by atoms with Crippen LogP contribution in [-0.2, 0) is 22.6 Å². The molecule has 4 rings (SSSR count). The highest BCUT2D eigenvalue weighted by atomic mass is 16.2. The molecule has 1 aromatic heterocycles. The van der Waals surface area contributed by atoms with Gasteiger partial charge in [0.2, 0.25) is 11.8 Å². The first kappa shape index (κ1) is 20.1. The molecule has 2 fully saturated rings. The predicted molar refractivity (Wildman–Crippen MR) is 109 cm³/mol. The van der Waals surface area contributed by atoms with Crippen LogP contribution in [-0.4, -0.2) is 44.7 Å². The molecule has 0 spiro atoms. The van der Waals surface area contributed by atoms with Gasteiger partial charge in [-0.15, -0.1) is 0 Å². The molecule has 0 aromatic carbocycles. The summed E-state index contributed by atoms with van der Waals surface area (Å²) in [7, 11) is 0. The topological polar surface area (TPSA) is 86.4 Å². The lowest BCUT2D eigenvalue weighted by Crippen LogP contribution is -2.41. The number of H-pyrrole nitrogens is 1. The van der Waals surface area contributed by atoms with E-state index >= 15 is 0 Å². The number of nitrogens with one attached hydrogen (secondary N) is 1. The van der Waals surface area contributed by atoms with Gasteiger partial charge in [0.25, 0.3) is 5.56 Å². The minimum atomic E-state index is -0.157. The third-order valence-electron chi connectivity index (χ3n) is 6.82. The van der Waals surface area contributed by atoms with Gasteiger partial charge in [-0.3, -0.25) is 14.4 Å². The molecule has 3 heterocycles. The molecule has 2 aliphatic heterocycles. The molecule has 0 unspecified atom stereocenters. The molecule has 1 N–H and O–H groups in total. The number of likely N-dealkylation sites (tertiary alicyclic amines) is 1. The molecule has 1 saturated carbocycles. The van der Waals surface area contributed by atoms with Gasteiger partial charge in [0.05, 0.1) is 23.8 Å². The largest absolute Gasteiger partial charge is 0.338 e. The van der Waals surface area contributed by atoms with Gasteiger partial charge < -0.3 is 14.8 Å². The van der Waals surface area contributed by atoms with E-state index in [1.165, 1.54) is 19.3 Å². The van der Waals surface area contributed by atoms with Crippen LogP contribution < -0.4 is 5.56 Å². The predicted octanol–water partition coefficient (Wildman–Crippen LogP) is 2.70. The molecule has 0 radical (unpaired) electrons. The number of carbonyl (C=O) groups is 2. The lowest BCUT2D eigenvalue weighted by molar-refractivity contribution is -0.133. The van der Waals surface area contributed by atoms with E-state index in [2.05, 4.69) is 4.98 Å². The van der Waals surface area contributed by atoms with Crippen LogP contribution in [0.4, 0.5) is 0 Å². The van der Waals surface area contributed by atoms with Crippen molar-refractivity contribution in [1.82, 2.24) is 19.8 Å². The standard InChI is InChI=1S/C22H32N4O3/c1-2-19(27)26-11-6-9-18(26)21-23-17-10-12-25(14-16(17)22(29)24-21)20(28)13-15-7-4-3-5-8-15/h15,18H,2-14H2,1H3,(H,23,24,29)/t18-/m0/s1. The number of hydrogen-bond donors (Lipinski definition) is 1. The summed E-state index contributed by atoms with van der Waals surface area (Å²) < 4.78 is 0. The number of carbonyl (C=O) groups excluding carboxylic acids is 2. The Balaban J connectivity index is 1.48.